The molecule has 5 nitrogen and oxygen atoms in total. The number of nitrogens with zero attached hydrogens (tertiary/aromatic N) is 1. The van der Waals surface area contributed by atoms with E-state index in [0.29, 0.717) is 16.3 Å². The van der Waals surface area contributed by atoms with Crippen molar-refractivity contribution in [2.45, 2.75) is 37.6 Å². The molecule has 1 saturated carbocycles. The number of amides is 1. The highest BCUT2D eigenvalue weighted by atomic mass is 35.5. The predicted octanol–water partition coefficient (Wildman–Crippen LogP) is 6.22. The number of hydrogen-bond donors (Lipinski definition) is 2. The van der Waals surface area contributed by atoms with E-state index in [9.17, 15) is 22.4 Å². The van der Waals surface area contributed by atoms with Crippen LogP contribution in [0.25, 0.3) is 0 Å². The summed E-state index contributed by atoms with van der Waals surface area (Å²) in [6, 6.07) is 6.26. The highest BCUT2D eigenvalue weighted by Crippen LogP contribution is 2.48. The molecule has 2 N–H and O–H groups in total. The monoisotopic (exact) mass is 523 g/mol. The van der Waals surface area contributed by atoms with E-state index in [1.165, 1.54) is 12.1 Å². The fraction of sp³-hybridized carbons (Fsp3) is 0.333. The minimum absolute atomic E-state index is 0.0241. The topological polar surface area (TPSA) is 62.7 Å². The van der Waals surface area contributed by atoms with Crippen LogP contribution in [-0.4, -0.2) is 17.9 Å². The van der Waals surface area contributed by atoms with Crippen LogP contribution in [0, 0.1) is 11.7 Å². The smallest absolute Gasteiger partial charge is 0.352 e. The number of hydroxylamine groups is 1. The Morgan fingerprint density at radius 3 is 2.42 bits per heavy atom. The number of halogens is 7. The van der Waals surface area contributed by atoms with Gasteiger partial charge in [-0.3, -0.25) is 15.1 Å². The molecule has 0 spiro atoms. The van der Waals surface area contributed by atoms with Crippen LogP contribution in [0.15, 0.2) is 35.3 Å². The first-order chi connectivity index (χ1) is 15.5. The third-order valence-electron chi connectivity index (χ3n) is 5.36. The zero-order chi connectivity index (χ0) is 24.0. The molecule has 1 amide bonds. The molecule has 2 aliphatic rings. The molecule has 0 aromatic heterocycles. The normalized spacial score (nSPS) is 21.8. The van der Waals surface area contributed by atoms with Crippen molar-refractivity contribution in [3.63, 3.8) is 0 Å². The van der Waals surface area contributed by atoms with Crippen LogP contribution in [0.3, 0.4) is 0 Å². The fourth-order valence-corrected chi connectivity index (χ4v) is 4.05. The quantitative estimate of drug-likeness (QED) is 0.360. The molecule has 1 heterocycles. The number of carbonyl (C=O) groups excluding carboxylic acids is 1. The standard InChI is InChI=1S/C21H16Cl3F4N3O2/c22-14-4-3-13(5-11(14)9-29-19(32)10-1-2-10)30-17-8-20(33-31-17,21(26,27)28)12-6-15(23)18(25)16(24)7-12/h3-7,10H,1-2,8-9H2,(H,29,32)(H,30,31). The van der Waals surface area contributed by atoms with Crippen LogP contribution >= 0.6 is 34.8 Å². The lowest BCUT2D eigenvalue weighted by Gasteiger charge is -2.29. The number of hydrogen-bond acceptors (Lipinski definition) is 3. The average molecular weight is 525 g/mol. The molecule has 2 fully saturated rings. The van der Waals surface area contributed by atoms with Crippen molar-refractivity contribution in [2.75, 3.05) is 0 Å². The van der Waals surface area contributed by atoms with Gasteiger partial charge in [0, 0.05) is 17.5 Å². The molecule has 4 rings (SSSR count). The van der Waals surface area contributed by atoms with Gasteiger partial charge in [0.1, 0.15) is 5.84 Å². The van der Waals surface area contributed by atoms with Crippen molar-refractivity contribution in [3.8, 4) is 0 Å². The number of alkyl halides is 3. The zero-order valence-electron chi connectivity index (χ0n) is 16.7. The van der Waals surface area contributed by atoms with Gasteiger partial charge in [0.05, 0.1) is 22.2 Å². The first-order valence-corrected chi connectivity index (χ1v) is 10.9. The first-order valence-electron chi connectivity index (χ1n) is 9.79. The zero-order valence-corrected chi connectivity index (χ0v) is 19.0. The van der Waals surface area contributed by atoms with Crippen molar-refractivity contribution < 1.29 is 27.2 Å². The summed E-state index contributed by atoms with van der Waals surface area (Å²) in [5.41, 5.74) is -0.273. The van der Waals surface area contributed by atoms with Gasteiger partial charge in [-0.1, -0.05) is 34.8 Å². The Hall–Kier alpha value is -2.07. The molecular formula is C21H16Cl3F4N3O2. The SMILES string of the molecule is O=C(NCc1cc(N=C2CC(c3cc(Cl)c(F)c(Cl)c3)(C(F)(F)F)ON2)ccc1Cl)C1CC1. The molecule has 1 atom stereocenters. The Morgan fingerprint density at radius 1 is 1.15 bits per heavy atom. The largest absolute Gasteiger partial charge is 0.424 e. The number of amidine groups is 1. The lowest BCUT2D eigenvalue weighted by atomic mass is 9.90. The summed E-state index contributed by atoms with van der Waals surface area (Å²) >= 11 is 17.6. The van der Waals surface area contributed by atoms with E-state index in [1.807, 2.05) is 0 Å². The van der Waals surface area contributed by atoms with E-state index < -0.39 is 39.6 Å². The minimum atomic E-state index is -4.90. The number of carbonyl (C=O) groups is 1. The van der Waals surface area contributed by atoms with Gasteiger partial charge < -0.3 is 5.32 Å². The molecule has 0 bridgehead atoms. The predicted molar refractivity (Wildman–Crippen MR) is 116 cm³/mol. The van der Waals surface area contributed by atoms with Crippen LogP contribution in [0.1, 0.15) is 30.4 Å². The van der Waals surface area contributed by atoms with E-state index in [1.54, 1.807) is 6.07 Å². The Morgan fingerprint density at radius 2 is 1.82 bits per heavy atom. The maximum absolute atomic E-state index is 14.1. The van der Waals surface area contributed by atoms with Gasteiger partial charge in [-0.25, -0.2) is 9.38 Å². The van der Waals surface area contributed by atoms with Crippen LogP contribution in [-0.2, 0) is 21.8 Å². The van der Waals surface area contributed by atoms with Crippen molar-refractivity contribution in [1.82, 2.24) is 10.8 Å². The van der Waals surface area contributed by atoms with Crippen molar-refractivity contribution in [3.05, 3.63) is 62.3 Å². The summed E-state index contributed by atoms with van der Waals surface area (Å²) in [5, 5.41) is 2.03. The van der Waals surface area contributed by atoms with Crippen LogP contribution in [0.5, 0.6) is 0 Å². The van der Waals surface area contributed by atoms with Gasteiger partial charge in [0.2, 0.25) is 11.5 Å². The number of aliphatic imine (C=N–C) groups is 1. The van der Waals surface area contributed by atoms with Gasteiger partial charge in [-0.2, -0.15) is 13.2 Å². The second-order valence-corrected chi connectivity index (χ2v) is 9.01. The molecule has 1 unspecified atom stereocenters. The summed E-state index contributed by atoms with van der Waals surface area (Å²) < 4.78 is 56.0. The summed E-state index contributed by atoms with van der Waals surface area (Å²) in [6.45, 7) is 0.163. The van der Waals surface area contributed by atoms with E-state index in [4.69, 9.17) is 39.6 Å². The summed E-state index contributed by atoms with van der Waals surface area (Å²) in [7, 11) is 0. The summed E-state index contributed by atoms with van der Waals surface area (Å²) in [6.07, 6.45) is -3.93. The molecule has 1 aliphatic carbocycles. The first kappa shape index (κ1) is 24.1. The summed E-state index contributed by atoms with van der Waals surface area (Å²) in [4.78, 5) is 21.0. The molecule has 2 aromatic carbocycles. The molecule has 0 radical (unpaired) electrons. The van der Waals surface area contributed by atoms with Gasteiger partial charge in [0.15, 0.2) is 5.82 Å². The number of rotatable bonds is 5. The van der Waals surface area contributed by atoms with E-state index in [-0.39, 0.29) is 24.2 Å². The van der Waals surface area contributed by atoms with Crippen molar-refractivity contribution in [1.29, 1.82) is 0 Å². The summed E-state index contributed by atoms with van der Waals surface area (Å²) in [5.74, 6) is -1.20. The van der Waals surface area contributed by atoms with Crippen molar-refractivity contribution >= 4 is 52.2 Å². The Balaban J connectivity index is 1.60. The molecule has 1 saturated heterocycles. The number of nitrogens with one attached hydrogen (secondary N) is 2. The van der Waals surface area contributed by atoms with E-state index in [0.717, 1.165) is 25.0 Å². The minimum Gasteiger partial charge on any atom is -0.352 e. The van der Waals surface area contributed by atoms with Gasteiger partial charge >= 0.3 is 6.18 Å². The Labute approximate surface area is 201 Å². The molecule has 176 valence electrons. The number of benzene rings is 2. The van der Waals surface area contributed by atoms with Gasteiger partial charge in [-0.15, -0.1) is 0 Å². The lowest BCUT2D eigenvalue weighted by Crippen LogP contribution is -2.42. The average Bonchev–Trinajstić information content (AvgIpc) is 3.51. The maximum Gasteiger partial charge on any atom is 0.424 e. The van der Waals surface area contributed by atoms with Crippen LogP contribution < -0.4 is 10.8 Å². The van der Waals surface area contributed by atoms with Gasteiger partial charge in [-0.05, 0) is 54.3 Å². The Bertz CT molecular complexity index is 1120. The fourth-order valence-electron chi connectivity index (χ4n) is 3.38. The van der Waals surface area contributed by atoms with Crippen LogP contribution in [0.4, 0.5) is 23.2 Å². The second-order valence-electron chi connectivity index (χ2n) is 7.79. The molecule has 12 heteroatoms. The molecule has 2 aromatic rings. The van der Waals surface area contributed by atoms with Crippen LogP contribution in [0.2, 0.25) is 15.1 Å². The molecular weight excluding hydrogens is 509 g/mol. The molecule has 1 aliphatic heterocycles. The van der Waals surface area contributed by atoms with Crippen molar-refractivity contribution in [2.24, 2.45) is 10.9 Å². The van der Waals surface area contributed by atoms with E-state index in [2.05, 4.69) is 15.8 Å². The molecule has 33 heavy (non-hydrogen) atoms. The third-order valence-corrected chi connectivity index (χ3v) is 6.28. The highest BCUT2D eigenvalue weighted by Gasteiger charge is 2.62. The lowest BCUT2D eigenvalue weighted by molar-refractivity contribution is -0.282. The second kappa shape index (κ2) is 8.94. The Kier molecular flexibility index (Phi) is 6.52. The third kappa shape index (κ3) is 4.91. The van der Waals surface area contributed by atoms with Gasteiger partial charge in [0.25, 0.3) is 0 Å². The maximum atomic E-state index is 14.1. The highest BCUT2D eigenvalue weighted by molar-refractivity contribution is 6.35. The van der Waals surface area contributed by atoms with E-state index >= 15 is 0 Å².